The van der Waals surface area contributed by atoms with Gasteiger partial charge in [0.25, 0.3) is 0 Å². The third-order valence-corrected chi connectivity index (χ3v) is 4.64. The Morgan fingerprint density at radius 2 is 1.61 bits per heavy atom. The molecular formula is C17H31N8NaO2. The first-order valence-electron chi connectivity index (χ1n) is 9.63. The van der Waals surface area contributed by atoms with E-state index in [-0.39, 0.29) is 47.2 Å². The summed E-state index contributed by atoms with van der Waals surface area (Å²) in [5, 5.41) is 6.27. The molecule has 0 bridgehead atoms. The SMILES string of the molecule is [N-]=[N+]=NCCCCCCCCCCC(=O)C1CCCNC(=O)[C@H]1N.[N-]=[N+]=[N-].[Na+]. The fourth-order valence-electron chi connectivity index (χ4n) is 3.15. The van der Waals surface area contributed by atoms with Crippen LogP contribution in [0, 0.1) is 5.92 Å². The van der Waals surface area contributed by atoms with Gasteiger partial charge in [-0.1, -0.05) is 43.6 Å². The Morgan fingerprint density at radius 3 is 2.18 bits per heavy atom. The maximum atomic E-state index is 12.3. The first-order valence-corrected chi connectivity index (χ1v) is 9.63. The van der Waals surface area contributed by atoms with Gasteiger partial charge in [-0.3, -0.25) is 14.5 Å². The number of nitrogens with one attached hydrogen (secondary N) is 1. The Morgan fingerprint density at radius 1 is 1.07 bits per heavy atom. The molecule has 10 nitrogen and oxygen atoms in total. The molecule has 0 aromatic rings. The molecule has 28 heavy (non-hydrogen) atoms. The molecule has 0 radical (unpaired) electrons. The van der Waals surface area contributed by atoms with E-state index in [0.29, 0.717) is 25.9 Å². The van der Waals surface area contributed by atoms with E-state index in [1.54, 1.807) is 0 Å². The van der Waals surface area contributed by atoms with Crippen molar-refractivity contribution >= 4 is 11.7 Å². The van der Waals surface area contributed by atoms with Gasteiger partial charge in [-0.25, -0.2) is 0 Å². The Bertz CT molecular complexity index is 519. The Hall–Kier alpha value is -1.28. The zero-order chi connectivity index (χ0) is 20.3. The molecular weight excluding hydrogens is 371 g/mol. The molecule has 2 atom stereocenters. The van der Waals surface area contributed by atoms with Gasteiger partial charge in [0.15, 0.2) is 0 Å². The summed E-state index contributed by atoms with van der Waals surface area (Å²) in [6.07, 6.45) is 10.8. The molecule has 1 aliphatic heterocycles. The van der Waals surface area contributed by atoms with Crippen LogP contribution >= 0.6 is 0 Å². The fourth-order valence-corrected chi connectivity index (χ4v) is 3.15. The summed E-state index contributed by atoms with van der Waals surface area (Å²) in [7, 11) is 0. The largest absolute Gasteiger partial charge is 1.00 e. The number of nitrogens with zero attached hydrogens (tertiary/aromatic N) is 6. The van der Waals surface area contributed by atoms with Crippen molar-refractivity contribution in [3.8, 4) is 0 Å². The number of hydrogen-bond donors (Lipinski definition) is 2. The summed E-state index contributed by atoms with van der Waals surface area (Å²) in [5.74, 6) is -0.340. The Balaban J connectivity index is 0. The molecule has 152 valence electrons. The third kappa shape index (κ3) is 14.7. The zero-order valence-corrected chi connectivity index (χ0v) is 18.9. The number of unbranched alkanes of at least 4 members (excludes halogenated alkanes) is 7. The summed E-state index contributed by atoms with van der Waals surface area (Å²) in [5.41, 5.74) is 27.6. The minimum atomic E-state index is -0.676. The minimum absolute atomic E-state index is 0. The average molecular weight is 402 g/mol. The Labute approximate surface area is 188 Å². The number of carbonyl (C=O) groups is 2. The number of carbonyl (C=O) groups excluding carboxylic acids is 2. The number of hydrogen-bond acceptors (Lipinski definition) is 4. The number of nitrogens with two attached hydrogens (primary N) is 1. The summed E-state index contributed by atoms with van der Waals surface area (Å²) in [6, 6.07) is -0.676. The molecule has 0 aromatic heterocycles. The molecule has 1 aliphatic rings. The van der Waals surface area contributed by atoms with Crippen LogP contribution in [-0.4, -0.2) is 30.8 Å². The average Bonchev–Trinajstić information content (AvgIpc) is 2.82. The maximum Gasteiger partial charge on any atom is 1.00 e. The van der Waals surface area contributed by atoms with Gasteiger partial charge in [0, 0.05) is 30.3 Å². The van der Waals surface area contributed by atoms with E-state index >= 15 is 0 Å². The van der Waals surface area contributed by atoms with Crippen LogP contribution in [0.1, 0.15) is 70.6 Å². The number of azide groups is 1. The standard InChI is InChI=1S/C17H31N5O2.N3.Na/c18-16-14(10-9-12-20-17(16)24)15(23)11-7-5-3-1-2-4-6-8-13-21-22-19;1-3-2;/h14,16H,1-13,18H2,(H,20,24);;/q;-1;+1/t14?,16-;;/m0../s1. The molecule has 1 saturated heterocycles. The molecule has 0 aliphatic carbocycles. The molecule has 1 heterocycles. The maximum absolute atomic E-state index is 12.3. The van der Waals surface area contributed by atoms with Crippen molar-refractivity contribution in [1.29, 1.82) is 0 Å². The summed E-state index contributed by atoms with van der Waals surface area (Å²) in [4.78, 5) is 28.2. The topological polar surface area (TPSA) is 180 Å². The second kappa shape index (κ2) is 20.5. The van der Waals surface area contributed by atoms with Crippen LogP contribution < -0.4 is 40.6 Å². The van der Waals surface area contributed by atoms with Crippen molar-refractivity contribution in [3.63, 3.8) is 0 Å². The van der Waals surface area contributed by atoms with E-state index in [1.165, 1.54) is 24.2 Å². The molecule has 11 heteroatoms. The van der Waals surface area contributed by atoms with E-state index in [2.05, 4.69) is 15.3 Å². The van der Waals surface area contributed by atoms with Gasteiger partial charge in [0.05, 0.1) is 6.04 Å². The van der Waals surface area contributed by atoms with Crippen molar-refractivity contribution in [2.24, 2.45) is 16.8 Å². The second-order valence-electron chi connectivity index (χ2n) is 6.65. The van der Waals surface area contributed by atoms with Crippen molar-refractivity contribution in [1.82, 2.24) is 5.32 Å². The summed E-state index contributed by atoms with van der Waals surface area (Å²) >= 11 is 0. The van der Waals surface area contributed by atoms with Gasteiger partial charge in [-0.05, 0) is 31.2 Å². The zero-order valence-electron chi connectivity index (χ0n) is 16.9. The van der Waals surface area contributed by atoms with Gasteiger partial charge in [0.1, 0.15) is 5.78 Å². The molecule has 1 unspecified atom stereocenters. The van der Waals surface area contributed by atoms with Crippen LogP contribution in [0.3, 0.4) is 0 Å². The van der Waals surface area contributed by atoms with Gasteiger partial charge in [0.2, 0.25) is 5.91 Å². The van der Waals surface area contributed by atoms with E-state index in [4.69, 9.17) is 22.3 Å². The van der Waals surface area contributed by atoms with Crippen LogP contribution in [0.15, 0.2) is 5.11 Å². The van der Waals surface area contributed by atoms with Gasteiger partial charge >= 0.3 is 29.6 Å². The summed E-state index contributed by atoms with van der Waals surface area (Å²) in [6.45, 7) is 1.22. The van der Waals surface area contributed by atoms with Crippen molar-refractivity contribution in [2.75, 3.05) is 13.1 Å². The van der Waals surface area contributed by atoms with Crippen LogP contribution in [-0.2, 0) is 9.59 Å². The van der Waals surface area contributed by atoms with Crippen LogP contribution in [0.5, 0.6) is 0 Å². The first kappa shape index (κ1) is 28.9. The minimum Gasteiger partial charge on any atom is -0.373 e. The molecule has 1 fully saturated rings. The van der Waals surface area contributed by atoms with Crippen molar-refractivity contribution in [2.45, 2.75) is 76.7 Å². The van der Waals surface area contributed by atoms with E-state index in [0.717, 1.165) is 38.5 Å². The van der Waals surface area contributed by atoms with E-state index in [9.17, 15) is 9.59 Å². The normalized spacial score (nSPS) is 18.1. The van der Waals surface area contributed by atoms with Gasteiger partial charge < -0.3 is 22.1 Å². The number of amides is 1. The van der Waals surface area contributed by atoms with Crippen LogP contribution in [0.25, 0.3) is 26.4 Å². The second-order valence-corrected chi connectivity index (χ2v) is 6.65. The Kier molecular flexibility index (Phi) is 21.1. The number of rotatable bonds is 12. The monoisotopic (exact) mass is 402 g/mol. The van der Waals surface area contributed by atoms with Crippen molar-refractivity contribution < 1.29 is 39.1 Å². The third-order valence-electron chi connectivity index (χ3n) is 4.64. The molecule has 0 saturated carbocycles. The summed E-state index contributed by atoms with van der Waals surface area (Å²) < 4.78 is 0. The first-order chi connectivity index (χ1) is 13.1. The molecule has 1 amide bonds. The predicted octanol–water partition coefficient (Wildman–Crippen LogP) is 1.10. The number of Topliss-reactive ketones (excluding diaryl/α,β-unsaturated/α-hetero) is 1. The fraction of sp³-hybridized carbons (Fsp3) is 0.882. The number of ketones is 1. The van der Waals surface area contributed by atoms with Crippen molar-refractivity contribution in [3.05, 3.63) is 26.4 Å². The van der Waals surface area contributed by atoms with Crippen LogP contribution in [0.4, 0.5) is 0 Å². The molecule has 3 N–H and O–H groups in total. The van der Waals surface area contributed by atoms with Gasteiger partial charge in [-0.15, -0.1) is 0 Å². The smallest absolute Gasteiger partial charge is 0.373 e. The quantitative estimate of drug-likeness (QED) is 0.163. The predicted molar refractivity (Wildman–Crippen MR) is 104 cm³/mol. The molecule has 0 aromatic carbocycles. The van der Waals surface area contributed by atoms with Crippen LogP contribution in [0.2, 0.25) is 0 Å². The molecule has 1 rings (SSSR count). The molecule has 0 spiro atoms. The van der Waals surface area contributed by atoms with E-state index < -0.39 is 6.04 Å². The van der Waals surface area contributed by atoms with E-state index in [1.807, 2.05) is 0 Å². The van der Waals surface area contributed by atoms with Gasteiger partial charge in [-0.2, -0.15) is 0 Å².